The van der Waals surface area contributed by atoms with Crippen molar-refractivity contribution < 1.29 is 0 Å². The third kappa shape index (κ3) is 3.37. The molecule has 0 bridgehead atoms. The Balaban J connectivity index is 1.96. The molecule has 0 amide bonds. The van der Waals surface area contributed by atoms with E-state index in [9.17, 15) is 0 Å². The van der Waals surface area contributed by atoms with E-state index < -0.39 is 0 Å². The number of rotatable bonds is 4. The number of nitrogens with zero attached hydrogens (tertiary/aromatic N) is 4. The average Bonchev–Trinajstić information content (AvgIpc) is 2.95. The minimum Gasteiger partial charge on any atom is -0.370 e. The fraction of sp³-hybridized carbons (Fsp3) is 0.533. The highest BCUT2D eigenvalue weighted by atomic mass is 32.2. The van der Waals surface area contributed by atoms with Crippen molar-refractivity contribution in [3.8, 4) is 11.3 Å². The summed E-state index contributed by atoms with van der Waals surface area (Å²) in [5.74, 6) is 3.08. The van der Waals surface area contributed by atoms with Crippen molar-refractivity contribution >= 4 is 17.6 Å². The largest absolute Gasteiger partial charge is 0.370 e. The minimum absolute atomic E-state index is 0.424. The Morgan fingerprint density at radius 1 is 1.38 bits per heavy atom. The van der Waals surface area contributed by atoms with Gasteiger partial charge in [-0.05, 0) is 25.5 Å². The number of hydrogen-bond donors (Lipinski definition) is 1. The number of hydrogen-bond acceptors (Lipinski definition) is 5. The van der Waals surface area contributed by atoms with E-state index in [1.165, 1.54) is 25.0 Å². The van der Waals surface area contributed by atoms with Gasteiger partial charge in [-0.1, -0.05) is 6.42 Å². The summed E-state index contributed by atoms with van der Waals surface area (Å²) in [6, 6.07) is 2.01. The maximum absolute atomic E-state index is 4.80. The van der Waals surface area contributed by atoms with Gasteiger partial charge in [0.2, 0.25) is 0 Å². The molecule has 112 valence electrons. The molecule has 1 fully saturated rings. The van der Waals surface area contributed by atoms with E-state index in [1.807, 2.05) is 37.3 Å². The van der Waals surface area contributed by atoms with Crippen LogP contribution in [0.1, 0.15) is 37.3 Å². The van der Waals surface area contributed by atoms with Gasteiger partial charge in [0.25, 0.3) is 0 Å². The van der Waals surface area contributed by atoms with Crippen molar-refractivity contribution in [1.29, 1.82) is 0 Å². The summed E-state index contributed by atoms with van der Waals surface area (Å²) in [4.78, 5) is 9.51. The first-order chi connectivity index (χ1) is 10.3. The third-order valence-electron chi connectivity index (χ3n) is 3.57. The predicted octanol–water partition coefficient (Wildman–Crippen LogP) is 3.27. The van der Waals surface area contributed by atoms with Crippen molar-refractivity contribution in [2.45, 2.75) is 31.4 Å². The van der Waals surface area contributed by atoms with Crippen LogP contribution in [0.2, 0.25) is 0 Å². The predicted molar refractivity (Wildman–Crippen MR) is 87.4 cm³/mol. The molecule has 0 spiro atoms. The normalized spacial score (nSPS) is 18.7. The molecule has 21 heavy (non-hydrogen) atoms. The first-order valence-corrected chi connectivity index (χ1v) is 8.54. The molecular formula is C15H21N5S. The molecule has 0 aliphatic carbocycles. The van der Waals surface area contributed by atoms with Crippen LogP contribution in [0.5, 0.6) is 0 Å². The van der Waals surface area contributed by atoms with Crippen LogP contribution in [0, 0.1) is 0 Å². The summed E-state index contributed by atoms with van der Waals surface area (Å²) < 4.78 is 1.80. The van der Waals surface area contributed by atoms with Gasteiger partial charge in [-0.15, -0.1) is 0 Å². The lowest BCUT2D eigenvalue weighted by molar-refractivity contribution is 0.663. The second-order valence-electron chi connectivity index (χ2n) is 5.28. The van der Waals surface area contributed by atoms with Crippen LogP contribution in [0.3, 0.4) is 0 Å². The van der Waals surface area contributed by atoms with E-state index in [1.54, 1.807) is 4.68 Å². The molecular weight excluding hydrogens is 282 g/mol. The molecule has 0 aromatic carbocycles. The zero-order chi connectivity index (χ0) is 14.7. The van der Waals surface area contributed by atoms with Crippen LogP contribution in [0.15, 0.2) is 18.5 Å². The van der Waals surface area contributed by atoms with Crippen molar-refractivity contribution in [1.82, 2.24) is 19.7 Å². The maximum atomic E-state index is 4.80. The van der Waals surface area contributed by atoms with Crippen molar-refractivity contribution in [2.24, 2.45) is 7.05 Å². The molecule has 1 aliphatic heterocycles. The minimum atomic E-state index is 0.424. The molecule has 1 atom stereocenters. The van der Waals surface area contributed by atoms with Crippen molar-refractivity contribution in [3.05, 3.63) is 24.3 Å². The lowest BCUT2D eigenvalue weighted by atomic mass is 10.1. The lowest BCUT2D eigenvalue weighted by Crippen LogP contribution is -2.10. The molecule has 0 saturated carbocycles. The molecule has 6 heteroatoms. The molecule has 1 aliphatic rings. The summed E-state index contributed by atoms with van der Waals surface area (Å²) >= 11 is 1.98. The second kappa shape index (κ2) is 6.47. The van der Waals surface area contributed by atoms with Gasteiger partial charge in [-0.25, -0.2) is 9.97 Å². The van der Waals surface area contributed by atoms with Gasteiger partial charge in [-0.3, -0.25) is 4.68 Å². The van der Waals surface area contributed by atoms with Gasteiger partial charge < -0.3 is 5.32 Å². The Kier molecular flexibility index (Phi) is 4.43. The summed E-state index contributed by atoms with van der Waals surface area (Å²) in [6.45, 7) is 2.95. The molecule has 1 N–H and O–H groups in total. The number of thioether (sulfide) groups is 1. The zero-order valence-electron chi connectivity index (χ0n) is 12.5. The first kappa shape index (κ1) is 14.4. The molecule has 0 radical (unpaired) electrons. The van der Waals surface area contributed by atoms with Crippen molar-refractivity contribution in [3.63, 3.8) is 0 Å². The molecule has 3 rings (SSSR count). The highest BCUT2D eigenvalue weighted by Crippen LogP contribution is 2.37. The maximum Gasteiger partial charge on any atom is 0.144 e. The highest BCUT2D eigenvalue weighted by molar-refractivity contribution is 7.99. The Morgan fingerprint density at radius 2 is 2.29 bits per heavy atom. The summed E-state index contributed by atoms with van der Waals surface area (Å²) in [5.41, 5.74) is 2.00. The molecule has 2 aromatic heterocycles. The van der Waals surface area contributed by atoms with Crippen LogP contribution in [0.25, 0.3) is 11.3 Å². The summed E-state index contributed by atoms with van der Waals surface area (Å²) in [7, 11) is 1.92. The topological polar surface area (TPSA) is 55.6 Å². The Hall–Kier alpha value is -1.56. The summed E-state index contributed by atoms with van der Waals surface area (Å²) in [5, 5.41) is 7.98. The van der Waals surface area contributed by atoms with E-state index in [2.05, 4.69) is 17.3 Å². The molecule has 2 aromatic rings. The highest BCUT2D eigenvalue weighted by Gasteiger charge is 2.20. The number of anilines is 1. The lowest BCUT2D eigenvalue weighted by Gasteiger charge is -2.21. The van der Waals surface area contributed by atoms with Gasteiger partial charge in [0.1, 0.15) is 11.6 Å². The number of aryl methyl sites for hydroxylation is 1. The molecule has 3 heterocycles. The van der Waals surface area contributed by atoms with Gasteiger partial charge >= 0.3 is 0 Å². The van der Waals surface area contributed by atoms with Crippen LogP contribution < -0.4 is 5.32 Å². The Labute approximate surface area is 129 Å². The zero-order valence-corrected chi connectivity index (χ0v) is 13.4. The molecule has 1 unspecified atom stereocenters. The van der Waals surface area contributed by atoms with E-state index in [0.717, 1.165) is 29.4 Å². The Bertz CT molecular complexity index is 604. The second-order valence-corrected chi connectivity index (χ2v) is 6.60. The van der Waals surface area contributed by atoms with Crippen LogP contribution in [-0.4, -0.2) is 32.0 Å². The van der Waals surface area contributed by atoms with Gasteiger partial charge in [0.15, 0.2) is 0 Å². The monoisotopic (exact) mass is 303 g/mol. The van der Waals surface area contributed by atoms with Crippen molar-refractivity contribution in [2.75, 3.05) is 17.6 Å². The standard InChI is InChI=1S/C15H21N5S/c1-3-16-14-8-12(11-9-17-20(2)10-11)18-15(19-14)13-6-4-5-7-21-13/h8-10,13H,3-7H2,1-2H3,(H,16,18,19). The number of aromatic nitrogens is 4. The van der Waals surface area contributed by atoms with Gasteiger partial charge in [-0.2, -0.15) is 16.9 Å². The average molecular weight is 303 g/mol. The Morgan fingerprint density at radius 3 is 2.95 bits per heavy atom. The smallest absolute Gasteiger partial charge is 0.144 e. The fourth-order valence-electron chi connectivity index (χ4n) is 2.53. The first-order valence-electron chi connectivity index (χ1n) is 7.49. The van der Waals surface area contributed by atoms with Crippen LogP contribution >= 0.6 is 11.8 Å². The van der Waals surface area contributed by atoms with E-state index in [-0.39, 0.29) is 0 Å². The van der Waals surface area contributed by atoms with Crippen LogP contribution in [-0.2, 0) is 7.05 Å². The quantitative estimate of drug-likeness (QED) is 0.939. The summed E-state index contributed by atoms with van der Waals surface area (Å²) in [6.07, 6.45) is 7.61. The molecule has 1 saturated heterocycles. The van der Waals surface area contributed by atoms with Gasteiger partial charge in [0, 0.05) is 31.4 Å². The SMILES string of the molecule is CCNc1cc(-c2cnn(C)c2)nc(C2CCCCS2)n1. The van der Waals surface area contributed by atoms with E-state index >= 15 is 0 Å². The fourth-order valence-corrected chi connectivity index (χ4v) is 3.77. The van der Waals surface area contributed by atoms with E-state index in [4.69, 9.17) is 9.97 Å². The van der Waals surface area contributed by atoms with Gasteiger partial charge in [0.05, 0.1) is 17.1 Å². The van der Waals surface area contributed by atoms with Crippen LogP contribution in [0.4, 0.5) is 5.82 Å². The van der Waals surface area contributed by atoms with E-state index in [0.29, 0.717) is 5.25 Å². The number of nitrogens with one attached hydrogen (secondary N) is 1. The molecule has 5 nitrogen and oxygen atoms in total. The third-order valence-corrected chi connectivity index (χ3v) is 4.94.